The number of carbonyl (C=O) groups excluding carboxylic acids is 3. The van der Waals surface area contributed by atoms with Crippen molar-refractivity contribution in [1.82, 2.24) is 10.6 Å². The molecule has 0 radical (unpaired) electrons. The Kier molecular flexibility index (Phi) is 19.9. The van der Waals surface area contributed by atoms with E-state index in [1.54, 1.807) is 6.92 Å². The molecule has 0 rings (SSSR count). The van der Waals surface area contributed by atoms with Crippen molar-refractivity contribution in [3.63, 3.8) is 0 Å². The quantitative estimate of drug-likeness (QED) is 0.103. The summed E-state index contributed by atoms with van der Waals surface area (Å²) in [4.78, 5) is 35.0. The van der Waals surface area contributed by atoms with Crippen molar-refractivity contribution in [2.24, 2.45) is 0 Å². The number of aliphatic hydroxyl groups is 2. The first-order valence-electron chi connectivity index (χ1n) is 11.2. The molecule has 0 aromatic carbocycles. The Balaban J connectivity index is 3.61. The molecule has 0 bridgehead atoms. The first kappa shape index (κ1) is 30.2. The van der Waals surface area contributed by atoms with Crippen LogP contribution < -0.4 is 10.6 Å². The van der Waals surface area contributed by atoms with Crippen molar-refractivity contribution in [3.8, 4) is 0 Å². The molecule has 4 N–H and O–H groups in total. The van der Waals surface area contributed by atoms with Crippen LogP contribution in [0.25, 0.3) is 0 Å². The van der Waals surface area contributed by atoms with Crippen molar-refractivity contribution in [3.05, 3.63) is 0 Å². The second kappa shape index (κ2) is 21.1. The molecule has 0 heterocycles. The van der Waals surface area contributed by atoms with Gasteiger partial charge < -0.3 is 39.8 Å². The van der Waals surface area contributed by atoms with E-state index in [0.29, 0.717) is 45.8 Å². The monoisotopic (exact) mass is 464 g/mol. The molecular weight excluding hydrogens is 424 g/mol. The number of rotatable bonds is 21. The highest BCUT2D eigenvalue weighted by Crippen LogP contribution is 2.03. The van der Waals surface area contributed by atoms with Crippen molar-refractivity contribution < 1.29 is 43.5 Å². The molecule has 0 fully saturated rings. The van der Waals surface area contributed by atoms with E-state index in [4.69, 9.17) is 24.1 Å². The van der Waals surface area contributed by atoms with E-state index >= 15 is 0 Å². The Morgan fingerprint density at radius 1 is 0.875 bits per heavy atom. The Bertz CT molecular complexity index is 502. The van der Waals surface area contributed by atoms with Crippen LogP contribution in [-0.2, 0) is 33.3 Å². The molecular formula is C21H40N2O9. The molecule has 0 aliphatic carbocycles. The lowest BCUT2D eigenvalue weighted by molar-refractivity contribution is -0.183. The standard InChI is InChI=1S/C21H40N2O9/c1-3-11-29-13-14-30-12-8-19(26)23-10-9-22-18(25)6-5-7-20(27)31-16-21(28)32-17(4-2)15-24/h17,21,24,28H,3-16H2,1-2H3,(H,22,25)(H,23,26). The zero-order chi connectivity index (χ0) is 24.0. The summed E-state index contributed by atoms with van der Waals surface area (Å²) in [5, 5.41) is 23.9. The molecule has 32 heavy (non-hydrogen) atoms. The molecule has 188 valence electrons. The molecule has 0 aliphatic rings. The molecule has 2 amide bonds. The van der Waals surface area contributed by atoms with Crippen LogP contribution in [0, 0.1) is 0 Å². The van der Waals surface area contributed by atoms with Crippen LogP contribution in [0.5, 0.6) is 0 Å². The zero-order valence-electron chi connectivity index (χ0n) is 19.3. The average molecular weight is 465 g/mol. The third-order valence-electron chi connectivity index (χ3n) is 4.14. The van der Waals surface area contributed by atoms with E-state index in [1.807, 2.05) is 6.92 Å². The van der Waals surface area contributed by atoms with E-state index in [0.717, 1.165) is 6.42 Å². The van der Waals surface area contributed by atoms with Gasteiger partial charge in [-0.3, -0.25) is 14.4 Å². The topological polar surface area (TPSA) is 153 Å². The van der Waals surface area contributed by atoms with Gasteiger partial charge in [-0.05, 0) is 19.3 Å². The molecule has 11 nitrogen and oxygen atoms in total. The van der Waals surface area contributed by atoms with Crippen LogP contribution in [0.2, 0.25) is 0 Å². The van der Waals surface area contributed by atoms with E-state index in [9.17, 15) is 19.5 Å². The maximum Gasteiger partial charge on any atom is 0.305 e. The van der Waals surface area contributed by atoms with Gasteiger partial charge in [-0.1, -0.05) is 13.8 Å². The highest BCUT2D eigenvalue weighted by atomic mass is 16.6. The SMILES string of the molecule is CCCOCCOCCC(=O)NCCNC(=O)CCCC(=O)OCC(O)OC(CC)CO. The molecule has 2 atom stereocenters. The summed E-state index contributed by atoms with van der Waals surface area (Å²) in [6, 6.07) is 0. The minimum absolute atomic E-state index is 0.0254. The fourth-order valence-electron chi connectivity index (χ4n) is 2.37. The summed E-state index contributed by atoms with van der Waals surface area (Å²) in [7, 11) is 0. The first-order valence-corrected chi connectivity index (χ1v) is 11.2. The van der Waals surface area contributed by atoms with Gasteiger partial charge in [0.15, 0.2) is 6.29 Å². The summed E-state index contributed by atoms with van der Waals surface area (Å²) in [6.07, 6.45) is 0.351. The maximum atomic E-state index is 11.8. The molecule has 0 saturated carbocycles. The van der Waals surface area contributed by atoms with Crippen molar-refractivity contribution in [2.45, 2.75) is 64.8 Å². The highest BCUT2D eigenvalue weighted by Gasteiger charge is 2.14. The lowest BCUT2D eigenvalue weighted by atomic mass is 10.2. The van der Waals surface area contributed by atoms with Crippen LogP contribution in [0.15, 0.2) is 0 Å². The lowest BCUT2D eigenvalue weighted by Crippen LogP contribution is -2.35. The number of hydrogen-bond donors (Lipinski definition) is 4. The van der Waals surface area contributed by atoms with Gasteiger partial charge in [0.2, 0.25) is 11.8 Å². The van der Waals surface area contributed by atoms with E-state index < -0.39 is 18.4 Å². The number of aliphatic hydroxyl groups excluding tert-OH is 2. The van der Waals surface area contributed by atoms with E-state index in [2.05, 4.69) is 10.6 Å². The van der Waals surface area contributed by atoms with E-state index in [-0.39, 0.29) is 50.8 Å². The van der Waals surface area contributed by atoms with Gasteiger partial charge in [0, 0.05) is 39.0 Å². The molecule has 0 saturated heterocycles. The Morgan fingerprint density at radius 3 is 2.09 bits per heavy atom. The lowest BCUT2D eigenvalue weighted by Gasteiger charge is -2.18. The molecule has 0 aromatic rings. The Labute approximate surface area is 190 Å². The molecule has 2 unspecified atom stereocenters. The van der Waals surface area contributed by atoms with Gasteiger partial charge >= 0.3 is 5.97 Å². The summed E-state index contributed by atoms with van der Waals surface area (Å²) in [6.45, 7) is 5.82. The molecule has 0 aromatic heterocycles. The van der Waals surface area contributed by atoms with Crippen LogP contribution in [-0.4, -0.2) is 93.1 Å². The fraction of sp³-hybridized carbons (Fsp3) is 0.857. The number of ether oxygens (including phenoxy) is 4. The zero-order valence-corrected chi connectivity index (χ0v) is 19.3. The minimum Gasteiger partial charge on any atom is -0.460 e. The van der Waals surface area contributed by atoms with Crippen molar-refractivity contribution in [2.75, 3.05) is 52.7 Å². The van der Waals surface area contributed by atoms with Crippen LogP contribution >= 0.6 is 0 Å². The number of amides is 2. The highest BCUT2D eigenvalue weighted by molar-refractivity contribution is 5.77. The molecule has 0 spiro atoms. The number of hydrogen-bond acceptors (Lipinski definition) is 9. The normalized spacial score (nSPS) is 12.8. The summed E-state index contributed by atoms with van der Waals surface area (Å²) in [5.41, 5.74) is 0. The van der Waals surface area contributed by atoms with Gasteiger partial charge in [0.05, 0.1) is 32.5 Å². The second-order valence-corrected chi connectivity index (χ2v) is 7.01. The molecule has 0 aliphatic heterocycles. The van der Waals surface area contributed by atoms with E-state index in [1.165, 1.54) is 0 Å². The smallest absolute Gasteiger partial charge is 0.305 e. The summed E-state index contributed by atoms with van der Waals surface area (Å²) < 4.78 is 20.5. The fourth-order valence-corrected chi connectivity index (χ4v) is 2.37. The van der Waals surface area contributed by atoms with Crippen LogP contribution in [0.3, 0.4) is 0 Å². The predicted molar refractivity (Wildman–Crippen MR) is 116 cm³/mol. The van der Waals surface area contributed by atoms with Crippen molar-refractivity contribution in [1.29, 1.82) is 0 Å². The third kappa shape index (κ3) is 18.9. The Morgan fingerprint density at radius 2 is 1.50 bits per heavy atom. The minimum atomic E-state index is -1.30. The van der Waals surface area contributed by atoms with Crippen molar-refractivity contribution >= 4 is 17.8 Å². The average Bonchev–Trinajstić information content (AvgIpc) is 2.78. The van der Waals surface area contributed by atoms with Gasteiger partial charge in [0.1, 0.15) is 6.61 Å². The van der Waals surface area contributed by atoms with Gasteiger partial charge in [0.25, 0.3) is 0 Å². The third-order valence-corrected chi connectivity index (χ3v) is 4.14. The van der Waals surface area contributed by atoms with Gasteiger partial charge in [-0.25, -0.2) is 0 Å². The number of esters is 1. The number of nitrogens with one attached hydrogen (secondary N) is 2. The van der Waals surface area contributed by atoms with Crippen LogP contribution in [0.1, 0.15) is 52.4 Å². The van der Waals surface area contributed by atoms with Gasteiger partial charge in [-0.15, -0.1) is 0 Å². The maximum absolute atomic E-state index is 11.8. The summed E-state index contributed by atoms with van der Waals surface area (Å²) in [5.74, 6) is -0.949. The second-order valence-electron chi connectivity index (χ2n) is 7.01. The van der Waals surface area contributed by atoms with Crippen LogP contribution in [0.4, 0.5) is 0 Å². The number of carbonyl (C=O) groups is 3. The largest absolute Gasteiger partial charge is 0.460 e. The first-order chi connectivity index (χ1) is 15.4. The molecule has 11 heteroatoms. The predicted octanol–water partition coefficient (Wildman–Crippen LogP) is -0.128. The van der Waals surface area contributed by atoms with Gasteiger partial charge in [-0.2, -0.15) is 0 Å². The Hall–Kier alpha value is -1.79. The summed E-state index contributed by atoms with van der Waals surface area (Å²) >= 11 is 0.